The molecule has 0 bridgehead atoms. The van der Waals surface area contributed by atoms with Gasteiger partial charge in [0.15, 0.2) is 0 Å². The Bertz CT molecular complexity index is 738. The minimum atomic E-state index is -1.25. The van der Waals surface area contributed by atoms with Crippen LogP contribution in [0.25, 0.3) is 5.82 Å². The van der Waals surface area contributed by atoms with Gasteiger partial charge < -0.3 is 5.11 Å². The summed E-state index contributed by atoms with van der Waals surface area (Å²) in [5, 5.41) is 20.1. The fourth-order valence-corrected chi connectivity index (χ4v) is 2.53. The van der Waals surface area contributed by atoms with Gasteiger partial charge in [-0.25, -0.2) is 14.8 Å². The monoisotopic (exact) mass is 288 g/mol. The smallest absolute Gasteiger partial charge is 0.337 e. The van der Waals surface area contributed by atoms with Crippen molar-refractivity contribution in [3.63, 3.8) is 0 Å². The number of carbonyl (C=O) groups is 1. The zero-order chi connectivity index (χ0) is 15.0. The molecule has 0 spiro atoms. The highest BCUT2D eigenvalue weighted by molar-refractivity contribution is 5.88. The molecule has 1 N–H and O–H groups in total. The largest absolute Gasteiger partial charge is 0.478 e. The number of imidazole rings is 1. The average Bonchev–Trinajstić information content (AvgIpc) is 2.90. The van der Waals surface area contributed by atoms with Crippen molar-refractivity contribution in [1.82, 2.24) is 14.5 Å². The van der Waals surface area contributed by atoms with Crippen LogP contribution < -0.4 is 0 Å². The predicted molar refractivity (Wildman–Crippen MR) is 71.6 cm³/mol. The van der Waals surface area contributed by atoms with Gasteiger partial charge in [0.2, 0.25) is 5.82 Å². The molecule has 0 amide bonds. The minimum Gasteiger partial charge on any atom is -0.478 e. The molecule has 0 fully saturated rings. The molecule has 3 rings (SSSR count). The molecular formula is C13H12N4O4. The highest BCUT2D eigenvalue weighted by Gasteiger charge is 2.24. The number of aromatic nitrogens is 3. The number of pyridine rings is 1. The summed E-state index contributed by atoms with van der Waals surface area (Å²) in [5.74, 6) is -1.13. The van der Waals surface area contributed by atoms with E-state index in [2.05, 4.69) is 9.97 Å². The Morgan fingerprint density at radius 2 is 2.10 bits per heavy atom. The number of rotatable bonds is 3. The number of fused-ring (bicyclic) bond motifs is 1. The molecule has 0 aromatic carbocycles. The Hall–Kier alpha value is -2.77. The van der Waals surface area contributed by atoms with Crippen LogP contribution in [0.1, 0.15) is 34.6 Å². The van der Waals surface area contributed by atoms with Crippen molar-refractivity contribution in [2.75, 3.05) is 0 Å². The number of carboxylic acid groups (broad SMARTS) is 1. The number of aromatic carboxylic acids is 1. The summed E-state index contributed by atoms with van der Waals surface area (Å²) in [6.07, 6.45) is 6.33. The van der Waals surface area contributed by atoms with Crippen molar-refractivity contribution in [2.45, 2.75) is 25.7 Å². The van der Waals surface area contributed by atoms with Gasteiger partial charge in [0, 0.05) is 18.0 Å². The quantitative estimate of drug-likeness (QED) is 0.680. The lowest BCUT2D eigenvalue weighted by Crippen LogP contribution is -2.11. The third kappa shape index (κ3) is 2.24. The fraction of sp³-hybridized carbons (Fsp3) is 0.308. The Balaban J connectivity index is 2.16. The van der Waals surface area contributed by atoms with Gasteiger partial charge in [0.1, 0.15) is 6.33 Å². The lowest BCUT2D eigenvalue weighted by molar-refractivity contribution is -0.384. The molecule has 0 atom stereocenters. The molecule has 2 aromatic heterocycles. The Kier molecular flexibility index (Phi) is 3.13. The van der Waals surface area contributed by atoms with E-state index in [1.807, 2.05) is 0 Å². The number of nitrogens with zero attached hydrogens (tertiary/aromatic N) is 4. The molecule has 8 nitrogen and oxygen atoms in total. The molecule has 1 aliphatic carbocycles. The van der Waals surface area contributed by atoms with Crippen LogP contribution in [0.15, 0.2) is 18.6 Å². The second-order valence-electron chi connectivity index (χ2n) is 4.84. The molecule has 0 unspecified atom stereocenters. The molecule has 0 saturated heterocycles. The molecule has 2 heterocycles. The molecular weight excluding hydrogens is 276 g/mol. The zero-order valence-electron chi connectivity index (χ0n) is 11.0. The van der Waals surface area contributed by atoms with E-state index < -0.39 is 10.9 Å². The summed E-state index contributed by atoms with van der Waals surface area (Å²) in [4.78, 5) is 29.7. The molecule has 0 radical (unpaired) electrons. The summed E-state index contributed by atoms with van der Waals surface area (Å²) in [6.45, 7) is 0. The SMILES string of the molecule is O=C(O)c1cnc(-n2cnc3c2CCCC3)c([N+](=O)[O-])c1. The van der Waals surface area contributed by atoms with Crippen LogP contribution in [0.4, 0.5) is 5.69 Å². The van der Waals surface area contributed by atoms with E-state index in [9.17, 15) is 14.9 Å². The summed E-state index contributed by atoms with van der Waals surface area (Å²) in [6, 6.07) is 1.03. The minimum absolute atomic E-state index is 0.112. The number of hydrogen-bond donors (Lipinski definition) is 1. The van der Waals surface area contributed by atoms with Crippen LogP contribution in [0, 0.1) is 10.1 Å². The van der Waals surface area contributed by atoms with Crippen LogP contribution in [0.5, 0.6) is 0 Å². The van der Waals surface area contributed by atoms with Gasteiger partial charge in [0.25, 0.3) is 0 Å². The maximum atomic E-state index is 11.2. The Morgan fingerprint density at radius 1 is 1.33 bits per heavy atom. The first-order chi connectivity index (χ1) is 10.1. The van der Waals surface area contributed by atoms with Gasteiger partial charge in [-0.15, -0.1) is 0 Å². The van der Waals surface area contributed by atoms with Gasteiger partial charge in [-0.05, 0) is 25.7 Å². The second kappa shape index (κ2) is 4.97. The number of carboxylic acids is 1. The van der Waals surface area contributed by atoms with Gasteiger partial charge >= 0.3 is 11.7 Å². The molecule has 8 heteroatoms. The van der Waals surface area contributed by atoms with Crippen molar-refractivity contribution >= 4 is 11.7 Å². The first-order valence-electron chi connectivity index (χ1n) is 6.51. The van der Waals surface area contributed by atoms with E-state index in [0.29, 0.717) is 0 Å². The zero-order valence-corrected chi connectivity index (χ0v) is 11.0. The van der Waals surface area contributed by atoms with Gasteiger partial charge in [0.05, 0.1) is 16.2 Å². The third-order valence-corrected chi connectivity index (χ3v) is 3.55. The maximum Gasteiger partial charge on any atom is 0.337 e. The topological polar surface area (TPSA) is 111 Å². The molecule has 21 heavy (non-hydrogen) atoms. The van der Waals surface area contributed by atoms with Crippen molar-refractivity contribution < 1.29 is 14.8 Å². The maximum absolute atomic E-state index is 11.2. The number of nitro groups is 1. The van der Waals surface area contributed by atoms with E-state index in [0.717, 1.165) is 49.3 Å². The Morgan fingerprint density at radius 3 is 2.81 bits per heavy atom. The van der Waals surface area contributed by atoms with Crippen LogP contribution in [-0.4, -0.2) is 30.5 Å². The summed E-state index contributed by atoms with van der Waals surface area (Å²) >= 11 is 0. The van der Waals surface area contributed by atoms with Gasteiger partial charge in [-0.1, -0.05) is 0 Å². The summed E-state index contributed by atoms with van der Waals surface area (Å²) in [5.41, 5.74) is 1.31. The molecule has 2 aromatic rings. The molecule has 1 aliphatic rings. The van der Waals surface area contributed by atoms with Crippen LogP contribution in [0.2, 0.25) is 0 Å². The van der Waals surface area contributed by atoms with E-state index in [4.69, 9.17) is 5.11 Å². The highest BCUT2D eigenvalue weighted by atomic mass is 16.6. The van der Waals surface area contributed by atoms with Crippen molar-refractivity contribution in [3.05, 3.63) is 45.7 Å². The molecule has 0 aliphatic heterocycles. The number of hydrogen-bond acceptors (Lipinski definition) is 5. The first-order valence-corrected chi connectivity index (χ1v) is 6.51. The molecule has 108 valence electrons. The summed E-state index contributed by atoms with van der Waals surface area (Å²) in [7, 11) is 0. The lowest BCUT2D eigenvalue weighted by Gasteiger charge is -2.13. The van der Waals surface area contributed by atoms with Gasteiger partial charge in [-0.2, -0.15) is 0 Å². The van der Waals surface area contributed by atoms with Crippen LogP contribution in [0.3, 0.4) is 0 Å². The standard InChI is InChI=1S/C13H12N4O4/c18-13(19)8-5-11(17(20)21)12(14-6-8)16-7-15-9-3-1-2-4-10(9)16/h5-7H,1-4H2,(H,18,19). The van der Waals surface area contributed by atoms with Gasteiger partial charge in [-0.3, -0.25) is 14.7 Å². The van der Waals surface area contributed by atoms with Crippen molar-refractivity contribution in [3.8, 4) is 5.82 Å². The van der Waals surface area contributed by atoms with Crippen molar-refractivity contribution in [2.24, 2.45) is 0 Å². The summed E-state index contributed by atoms with van der Waals surface area (Å²) < 4.78 is 1.60. The lowest BCUT2D eigenvalue weighted by atomic mass is 10.0. The van der Waals surface area contributed by atoms with Crippen molar-refractivity contribution in [1.29, 1.82) is 0 Å². The van der Waals surface area contributed by atoms with E-state index >= 15 is 0 Å². The van der Waals surface area contributed by atoms with Crippen LogP contribution >= 0.6 is 0 Å². The normalized spacial score (nSPS) is 13.7. The predicted octanol–water partition coefficient (Wildman–Crippen LogP) is 1.75. The van der Waals surface area contributed by atoms with E-state index in [1.54, 1.807) is 4.57 Å². The van der Waals surface area contributed by atoms with E-state index in [-0.39, 0.29) is 17.1 Å². The van der Waals surface area contributed by atoms with E-state index in [1.165, 1.54) is 6.33 Å². The second-order valence-corrected chi connectivity index (χ2v) is 4.84. The van der Waals surface area contributed by atoms with Crippen LogP contribution in [-0.2, 0) is 12.8 Å². The number of aryl methyl sites for hydroxylation is 1. The molecule has 0 saturated carbocycles. The highest BCUT2D eigenvalue weighted by Crippen LogP contribution is 2.27. The average molecular weight is 288 g/mol. The third-order valence-electron chi connectivity index (χ3n) is 3.55. The Labute approximate surface area is 119 Å². The first kappa shape index (κ1) is 13.2. The fourth-order valence-electron chi connectivity index (χ4n) is 2.53.